The minimum absolute atomic E-state index is 0.259. The molecule has 0 atom stereocenters. The molecule has 3 heteroatoms. The summed E-state index contributed by atoms with van der Waals surface area (Å²) in [6.07, 6.45) is 1.50. The lowest BCUT2D eigenvalue weighted by atomic mass is 10.1. The van der Waals surface area contributed by atoms with E-state index in [4.69, 9.17) is 0 Å². The van der Waals surface area contributed by atoms with Gasteiger partial charge in [-0.25, -0.2) is 14.4 Å². The van der Waals surface area contributed by atoms with E-state index < -0.39 is 0 Å². The maximum absolute atomic E-state index is 13.2. The van der Waals surface area contributed by atoms with Crippen LogP contribution in [0.2, 0.25) is 0 Å². The third-order valence-corrected chi connectivity index (χ3v) is 2.64. The van der Waals surface area contributed by atoms with E-state index >= 15 is 0 Å². The lowest BCUT2D eigenvalue weighted by Gasteiger charge is -2.04. The highest BCUT2D eigenvalue weighted by Crippen LogP contribution is 2.25. The molecule has 0 saturated heterocycles. The zero-order chi connectivity index (χ0) is 11.7. The Bertz CT molecular complexity index is 674. The summed E-state index contributed by atoms with van der Waals surface area (Å²) in [5.41, 5.74) is 2.39. The van der Waals surface area contributed by atoms with E-state index in [1.165, 1.54) is 18.5 Å². The molecule has 0 bridgehead atoms. The largest absolute Gasteiger partial charge is 0.236 e. The van der Waals surface area contributed by atoms with Gasteiger partial charge in [-0.2, -0.15) is 0 Å². The molecule has 0 aliphatic rings. The average Bonchev–Trinajstić information content (AvgIpc) is 2.38. The summed E-state index contributed by atoms with van der Waals surface area (Å²) < 4.78 is 13.2. The molecular weight excluding hydrogens is 215 g/mol. The quantitative estimate of drug-likeness (QED) is 0.632. The second-order valence-electron chi connectivity index (χ2n) is 3.75. The number of nitrogens with zero attached hydrogens (tertiary/aromatic N) is 2. The Kier molecular flexibility index (Phi) is 2.29. The monoisotopic (exact) mass is 224 g/mol. The first-order chi connectivity index (χ1) is 8.34. The molecule has 17 heavy (non-hydrogen) atoms. The van der Waals surface area contributed by atoms with E-state index in [9.17, 15) is 4.39 Å². The number of halogens is 1. The minimum atomic E-state index is -0.259. The molecule has 3 aromatic rings. The molecule has 1 heterocycles. The molecular formula is C14H9FN2. The van der Waals surface area contributed by atoms with E-state index in [-0.39, 0.29) is 5.82 Å². The average molecular weight is 224 g/mol. The lowest BCUT2D eigenvalue weighted by Crippen LogP contribution is -1.89. The smallest absolute Gasteiger partial charge is 0.123 e. The van der Waals surface area contributed by atoms with Crippen LogP contribution in [0.4, 0.5) is 4.39 Å². The van der Waals surface area contributed by atoms with Crippen LogP contribution in [0.5, 0.6) is 0 Å². The van der Waals surface area contributed by atoms with Crippen molar-refractivity contribution in [1.82, 2.24) is 9.97 Å². The van der Waals surface area contributed by atoms with Crippen molar-refractivity contribution >= 4 is 10.9 Å². The molecule has 3 rings (SSSR count). The van der Waals surface area contributed by atoms with Crippen molar-refractivity contribution in [2.24, 2.45) is 0 Å². The second kappa shape index (κ2) is 3.94. The Hall–Kier alpha value is -2.29. The van der Waals surface area contributed by atoms with Gasteiger partial charge in [0, 0.05) is 10.9 Å². The fourth-order valence-electron chi connectivity index (χ4n) is 1.87. The van der Waals surface area contributed by atoms with E-state index in [1.54, 1.807) is 6.07 Å². The first-order valence-corrected chi connectivity index (χ1v) is 5.30. The summed E-state index contributed by atoms with van der Waals surface area (Å²) in [4.78, 5) is 8.43. The Morgan fingerprint density at radius 2 is 1.76 bits per heavy atom. The van der Waals surface area contributed by atoms with Gasteiger partial charge in [-0.05, 0) is 18.2 Å². The third-order valence-electron chi connectivity index (χ3n) is 2.64. The molecule has 0 N–H and O–H groups in total. The summed E-state index contributed by atoms with van der Waals surface area (Å²) >= 11 is 0. The van der Waals surface area contributed by atoms with Gasteiger partial charge in [0.25, 0.3) is 0 Å². The molecule has 82 valence electrons. The highest BCUT2D eigenvalue weighted by atomic mass is 19.1. The van der Waals surface area contributed by atoms with Crippen LogP contribution >= 0.6 is 0 Å². The van der Waals surface area contributed by atoms with Gasteiger partial charge in [-0.3, -0.25) is 0 Å². The molecule has 1 aromatic heterocycles. The molecule has 0 radical (unpaired) electrons. The van der Waals surface area contributed by atoms with Gasteiger partial charge in [-0.15, -0.1) is 0 Å². The van der Waals surface area contributed by atoms with Crippen LogP contribution < -0.4 is 0 Å². The van der Waals surface area contributed by atoms with Crippen molar-refractivity contribution in [1.29, 1.82) is 0 Å². The van der Waals surface area contributed by atoms with E-state index in [0.717, 1.165) is 22.2 Å². The molecule has 0 unspecified atom stereocenters. The van der Waals surface area contributed by atoms with Crippen molar-refractivity contribution in [3.05, 3.63) is 60.7 Å². The minimum Gasteiger partial charge on any atom is -0.236 e. The summed E-state index contributed by atoms with van der Waals surface area (Å²) in [6, 6.07) is 14.1. The molecule has 0 amide bonds. The number of rotatable bonds is 1. The number of hydrogen-bond acceptors (Lipinski definition) is 2. The molecule has 2 nitrogen and oxygen atoms in total. The molecule has 0 aliphatic carbocycles. The molecule has 2 aromatic carbocycles. The van der Waals surface area contributed by atoms with Gasteiger partial charge in [-0.1, -0.05) is 30.3 Å². The van der Waals surface area contributed by atoms with Crippen LogP contribution in [0.1, 0.15) is 0 Å². The first-order valence-electron chi connectivity index (χ1n) is 5.30. The fourth-order valence-corrected chi connectivity index (χ4v) is 1.87. The van der Waals surface area contributed by atoms with Crippen molar-refractivity contribution in [3.63, 3.8) is 0 Å². The molecule has 0 spiro atoms. The molecule has 0 saturated carbocycles. The second-order valence-corrected chi connectivity index (χ2v) is 3.75. The summed E-state index contributed by atoms with van der Waals surface area (Å²) in [6.45, 7) is 0. The van der Waals surface area contributed by atoms with E-state index in [1.807, 2.05) is 30.3 Å². The van der Waals surface area contributed by atoms with Crippen LogP contribution in [0.15, 0.2) is 54.9 Å². The maximum atomic E-state index is 13.2. The highest BCUT2D eigenvalue weighted by Gasteiger charge is 2.05. The predicted octanol–water partition coefficient (Wildman–Crippen LogP) is 3.44. The Labute approximate surface area is 97.8 Å². The number of para-hydroxylation sites is 1. The molecule has 0 aliphatic heterocycles. The van der Waals surface area contributed by atoms with Crippen LogP contribution in [0, 0.1) is 5.82 Å². The number of aromatic nitrogens is 2. The Balaban J connectivity index is 2.30. The van der Waals surface area contributed by atoms with Crippen molar-refractivity contribution in [3.8, 4) is 11.3 Å². The third kappa shape index (κ3) is 1.76. The summed E-state index contributed by atoms with van der Waals surface area (Å²) in [5, 5.41) is 0.931. The number of benzene rings is 2. The normalized spacial score (nSPS) is 10.6. The standard InChI is InChI=1S/C14H9FN2/c15-11-5-3-4-10(8-11)14-12-6-1-2-7-13(12)16-9-17-14/h1-9H. The zero-order valence-electron chi connectivity index (χ0n) is 8.97. The van der Waals surface area contributed by atoms with E-state index in [0.29, 0.717) is 0 Å². The summed E-state index contributed by atoms with van der Waals surface area (Å²) in [7, 11) is 0. The van der Waals surface area contributed by atoms with Crippen molar-refractivity contribution < 1.29 is 4.39 Å². The van der Waals surface area contributed by atoms with Gasteiger partial charge in [0.2, 0.25) is 0 Å². The van der Waals surface area contributed by atoms with Gasteiger partial charge in [0.15, 0.2) is 0 Å². The Morgan fingerprint density at radius 1 is 0.882 bits per heavy atom. The fraction of sp³-hybridized carbons (Fsp3) is 0. The lowest BCUT2D eigenvalue weighted by molar-refractivity contribution is 0.628. The van der Waals surface area contributed by atoms with Crippen LogP contribution in [-0.2, 0) is 0 Å². The molecule has 0 fully saturated rings. The van der Waals surface area contributed by atoms with Gasteiger partial charge in [0.1, 0.15) is 12.1 Å². The van der Waals surface area contributed by atoms with Crippen molar-refractivity contribution in [2.45, 2.75) is 0 Å². The van der Waals surface area contributed by atoms with E-state index in [2.05, 4.69) is 9.97 Å². The van der Waals surface area contributed by atoms with Gasteiger partial charge in [0.05, 0.1) is 11.2 Å². The van der Waals surface area contributed by atoms with Gasteiger partial charge < -0.3 is 0 Å². The SMILES string of the molecule is Fc1cccc(-c2ncnc3ccccc23)c1. The predicted molar refractivity (Wildman–Crippen MR) is 64.9 cm³/mol. The van der Waals surface area contributed by atoms with Crippen molar-refractivity contribution in [2.75, 3.05) is 0 Å². The Morgan fingerprint density at radius 3 is 2.65 bits per heavy atom. The van der Waals surface area contributed by atoms with Crippen LogP contribution in [0.25, 0.3) is 22.2 Å². The first kappa shape index (κ1) is 9.90. The van der Waals surface area contributed by atoms with Crippen LogP contribution in [0.3, 0.4) is 0 Å². The van der Waals surface area contributed by atoms with Gasteiger partial charge >= 0.3 is 0 Å². The maximum Gasteiger partial charge on any atom is 0.123 e. The number of hydrogen-bond donors (Lipinski definition) is 0. The van der Waals surface area contributed by atoms with Crippen LogP contribution in [-0.4, -0.2) is 9.97 Å². The number of fused-ring (bicyclic) bond motifs is 1. The topological polar surface area (TPSA) is 25.8 Å². The highest BCUT2D eigenvalue weighted by molar-refractivity contribution is 5.91. The summed E-state index contributed by atoms with van der Waals surface area (Å²) in [5.74, 6) is -0.259. The zero-order valence-corrected chi connectivity index (χ0v) is 8.97.